The topological polar surface area (TPSA) is 96.2 Å². The highest BCUT2D eigenvalue weighted by molar-refractivity contribution is 5.77. The maximum absolute atomic E-state index is 12.2. The number of hydrogen-bond acceptors (Lipinski definition) is 4. The number of amides is 2. The van der Waals surface area contributed by atoms with E-state index in [2.05, 4.69) is 36.7 Å². The summed E-state index contributed by atoms with van der Waals surface area (Å²) in [7, 11) is 0. The van der Waals surface area contributed by atoms with Crippen molar-refractivity contribution in [1.29, 1.82) is 0 Å². The maximum Gasteiger partial charge on any atom is 0.221 e. The van der Waals surface area contributed by atoms with Crippen LogP contribution >= 0.6 is 0 Å². The molecule has 39 heavy (non-hydrogen) atoms. The summed E-state index contributed by atoms with van der Waals surface area (Å²) in [5, 5.41) is 9.94. The highest BCUT2D eigenvalue weighted by atomic mass is 16.2. The first-order valence-corrected chi connectivity index (χ1v) is 17.1. The van der Waals surface area contributed by atoms with Gasteiger partial charge in [0.15, 0.2) is 0 Å². The summed E-state index contributed by atoms with van der Waals surface area (Å²) in [5.41, 5.74) is 5.69. The second kappa shape index (κ2) is 29.8. The van der Waals surface area contributed by atoms with E-state index in [0.717, 1.165) is 32.2 Å². The Morgan fingerprint density at radius 1 is 0.590 bits per heavy atom. The molecule has 0 aromatic rings. The number of carbonyl (C=O) groups excluding carboxylic acids is 2. The molecular formula is C33H68N4O2. The van der Waals surface area contributed by atoms with Crippen LogP contribution in [0.15, 0.2) is 0 Å². The molecule has 6 nitrogen and oxygen atoms in total. The van der Waals surface area contributed by atoms with Gasteiger partial charge in [0, 0.05) is 26.1 Å². The summed E-state index contributed by atoms with van der Waals surface area (Å²) >= 11 is 0. The van der Waals surface area contributed by atoms with Crippen LogP contribution in [0, 0.1) is 5.92 Å². The molecule has 0 bridgehead atoms. The molecule has 0 fully saturated rings. The van der Waals surface area contributed by atoms with Gasteiger partial charge in [0.2, 0.25) is 11.8 Å². The molecule has 0 aliphatic heterocycles. The van der Waals surface area contributed by atoms with Crippen molar-refractivity contribution in [2.75, 3.05) is 19.6 Å². The predicted molar refractivity (Wildman–Crippen MR) is 169 cm³/mol. The Labute approximate surface area is 243 Å². The van der Waals surface area contributed by atoms with Crippen LogP contribution in [0.5, 0.6) is 0 Å². The monoisotopic (exact) mass is 553 g/mol. The Morgan fingerprint density at radius 3 is 1.51 bits per heavy atom. The van der Waals surface area contributed by atoms with Crippen LogP contribution < -0.4 is 21.7 Å². The quantitative estimate of drug-likeness (QED) is 0.0522. The third kappa shape index (κ3) is 26.8. The predicted octanol–water partition coefficient (Wildman–Crippen LogP) is 7.74. The second-order valence-corrected chi connectivity index (χ2v) is 11.7. The minimum Gasteiger partial charge on any atom is -0.369 e. The van der Waals surface area contributed by atoms with Gasteiger partial charge in [0.1, 0.15) is 0 Å². The van der Waals surface area contributed by atoms with Crippen LogP contribution in [-0.2, 0) is 9.59 Å². The van der Waals surface area contributed by atoms with Gasteiger partial charge < -0.3 is 21.7 Å². The molecule has 0 spiro atoms. The van der Waals surface area contributed by atoms with E-state index < -0.39 is 0 Å². The molecule has 5 N–H and O–H groups in total. The Bertz CT molecular complexity index is 544. The van der Waals surface area contributed by atoms with Crippen molar-refractivity contribution in [2.45, 2.75) is 175 Å². The summed E-state index contributed by atoms with van der Waals surface area (Å²) in [5.74, 6) is -0.219. The lowest BCUT2D eigenvalue weighted by atomic mass is 9.99. The van der Waals surface area contributed by atoms with Gasteiger partial charge in [-0.25, -0.2) is 0 Å². The zero-order valence-electron chi connectivity index (χ0n) is 26.4. The average molecular weight is 553 g/mol. The van der Waals surface area contributed by atoms with Crippen molar-refractivity contribution in [2.24, 2.45) is 11.7 Å². The molecule has 0 rings (SSSR count). The molecule has 0 aliphatic carbocycles. The Kier molecular flexibility index (Phi) is 29.0. The maximum atomic E-state index is 12.2. The van der Waals surface area contributed by atoms with Crippen molar-refractivity contribution in [1.82, 2.24) is 16.0 Å². The van der Waals surface area contributed by atoms with Crippen molar-refractivity contribution in [3.05, 3.63) is 0 Å². The third-order valence-electron chi connectivity index (χ3n) is 7.92. The number of carbonyl (C=O) groups is 2. The van der Waals surface area contributed by atoms with Gasteiger partial charge in [0.05, 0.1) is 12.1 Å². The summed E-state index contributed by atoms with van der Waals surface area (Å²) in [6.45, 7) is 8.65. The number of nitrogens with two attached hydrogens (primary N) is 1. The fraction of sp³-hybridized carbons (Fsp3) is 0.939. The number of hydrogen-bond donors (Lipinski definition) is 4. The number of nitrogens with one attached hydrogen (secondary N) is 3. The van der Waals surface area contributed by atoms with Crippen LogP contribution in [0.2, 0.25) is 0 Å². The van der Waals surface area contributed by atoms with Gasteiger partial charge in [0.25, 0.3) is 0 Å². The molecule has 0 aromatic carbocycles. The normalized spacial score (nSPS) is 12.9. The van der Waals surface area contributed by atoms with E-state index in [0.29, 0.717) is 19.5 Å². The molecule has 2 unspecified atom stereocenters. The Morgan fingerprint density at radius 2 is 1.05 bits per heavy atom. The van der Waals surface area contributed by atoms with Crippen LogP contribution in [0.25, 0.3) is 0 Å². The minimum absolute atomic E-state index is 0.0920. The highest BCUT2D eigenvalue weighted by Crippen LogP contribution is 2.14. The van der Waals surface area contributed by atoms with E-state index in [1.807, 2.05) is 0 Å². The van der Waals surface area contributed by atoms with Crippen molar-refractivity contribution >= 4 is 11.8 Å². The summed E-state index contributed by atoms with van der Waals surface area (Å²) in [6, 6.07) is 0. The summed E-state index contributed by atoms with van der Waals surface area (Å²) in [4.78, 5) is 24.1. The molecule has 2 atom stereocenters. The first kappa shape index (κ1) is 37.9. The molecule has 0 aliphatic rings. The lowest BCUT2D eigenvalue weighted by molar-refractivity contribution is -0.122. The third-order valence-corrected chi connectivity index (χ3v) is 7.92. The Balaban J connectivity index is 3.78. The van der Waals surface area contributed by atoms with E-state index in [1.165, 1.54) is 116 Å². The van der Waals surface area contributed by atoms with Gasteiger partial charge in [-0.3, -0.25) is 9.59 Å². The van der Waals surface area contributed by atoms with Gasteiger partial charge in [-0.15, -0.1) is 0 Å². The van der Waals surface area contributed by atoms with Gasteiger partial charge in [-0.1, -0.05) is 143 Å². The van der Waals surface area contributed by atoms with Crippen LogP contribution in [-0.4, -0.2) is 37.6 Å². The summed E-state index contributed by atoms with van der Waals surface area (Å²) < 4.78 is 0. The lowest BCUT2D eigenvalue weighted by Gasteiger charge is -2.22. The van der Waals surface area contributed by atoms with E-state index in [9.17, 15) is 9.59 Å². The first-order valence-electron chi connectivity index (χ1n) is 17.1. The van der Waals surface area contributed by atoms with Gasteiger partial charge in [-0.05, 0) is 19.3 Å². The molecule has 0 radical (unpaired) electrons. The standard InChI is InChI=1S/C33H68N4O2/c1-4-7-9-11-13-15-17-19-21-23-25-30(33(34)39)29-37-31(6-3)35-28-26-32(38)36-27-24-22-20-18-16-14-12-10-8-5-2/h30-31,35,37H,4-29H2,1-3H3,(H2,34,39)(H,36,38). The molecule has 0 saturated carbocycles. The summed E-state index contributed by atoms with van der Waals surface area (Å²) in [6.07, 6.45) is 28.3. The Hall–Kier alpha value is -1.14. The van der Waals surface area contributed by atoms with E-state index in [4.69, 9.17) is 5.73 Å². The van der Waals surface area contributed by atoms with Crippen molar-refractivity contribution < 1.29 is 9.59 Å². The molecular weight excluding hydrogens is 484 g/mol. The van der Waals surface area contributed by atoms with Crippen LogP contribution in [0.3, 0.4) is 0 Å². The average Bonchev–Trinajstić information content (AvgIpc) is 2.93. The van der Waals surface area contributed by atoms with Gasteiger partial charge in [-0.2, -0.15) is 0 Å². The molecule has 0 heterocycles. The van der Waals surface area contributed by atoms with Crippen LogP contribution in [0.1, 0.15) is 168 Å². The molecule has 232 valence electrons. The fourth-order valence-corrected chi connectivity index (χ4v) is 5.16. The fourth-order valence-electron chi connectivity index (χ4n) is 5.16. The van der Waals surface area contributed by atoms with Crippen LogP contribution in [0.4, 0.5) is 0 Å². The van der Waals surface area contributed by atoms with Crippen molar-refractivity contribution in [3.63, 3.8) is 0 Å². The van der Waals surface area contributed by atoms with E-state index in [-0.39, 0.29) is 23.9 Å². The number of primary amides is 1. The SMILES string of the molecule is CCCCCCCCCCCCNC(=O)CCNC(CC)NCC(CCCCCCCCCCCC)C(N)=O. The number of rotatable bonds is 31. The van der Waals surface area contributed by atoms with Crippen molar-refractivity contribution in [3.8, 4) is 0 Å². The lowest BCUT2D eigenvalue weighted by Crippen LogP contribution is -2.46. The molecule has 6 heteroatoms. The van der Waals surface area contributed by atoms with E-state index in [1.54, 1.807) is 0 Å². The molecule has 0 aromatic heterocycles. The second-order valence-electron chi connectivity index (χ2n) is 11.7. The first-order chi connectivity index (χ1) is 19.0. The number of unbranched alkanes of at least 4 members (excludes halogenated alkanes) is 18. The smallest absolute Gasteiger partial charge is 0.221 e. The largest absolute Gasteiger partial charge is 0.369 e. The van der Waals surface area contributed by atoms with E-state index >= 15 is 0 Å². The zero-order valence-corrected chi connectivity index (χ0v) is 26.4. The minimum atomic E-state index is -0.209. The molecule has 0 saturated heterocycles. The molecule has 2 amide bonds. The zero-order chi connectivity index (χ0) is 28.8. The highest BCUT2D eigenvalue weighted by Gasteiger charge is 2.16. The van der Waals surface area contributed by atoms with Gasteiger partial charge >= 0.3 is 0 Å².